The predicted molar refractivity (Wildman–Crippen MR) is 44.3 cm³/mol. The van der Waals surface area contributed by atoms with Crippen LogP contribution in [0.5, 0.6) is 0 Å². The van der Waals surface area contributed by atoms with E-state index in [2.05, 4.69) is 0 Å². The van der Waals surface area contributed by atoms with Crippen LogP contribution in [0.2, 0.25) is 0 Å². The Balaban J connectivity index is 0.000000810. The summed E-state index contributed by atoms with van der Waals surface area (Å²) in [5.74, 6) is 0. The van der Waals surface area contributed by atoms with Gasteiger partial charge in [-0.1, -0.05) is 30.3 Å². The molecule has 1 unspecified atom stereocenters. The average Bonchev–Trinajstić information content (AvgIpc) is 1.90. The van der Waals surface area contributed by atoms with E-state index in [0.29, 0.717) is 0 Å². The van der Waals surface area contributed by atoms with E-state index in [0.717, 1.165) is 5.56 Å². The topological polar surface area (TPSA) is 20.2 Å². The summed E-state index contributed by atoms with van der Waals surface area (Å²) < 4.78 is 0. The van der Waals surface area contributed by atoms with Crippen LogP contribution >= 0.6 is 12.4 Å². The third-order valence-corrected chi connectivity index (χ3v) is 1.28. The molecule has 0 aromatic heterocycles. The number of aliphatic hydroxyl groups is 1. The molecule has 0 radical (unpaired) electrons. The molecule has 0 fully saturated rings. The molecule has 56 valence electrons. The molecular formula is C8H11ClO. The first kappa shape index (κ1) is 9.47. The molecule has 1 aromatic rings. The fraction of sp³-hybridized carbons (Fsp3) is 0.250. The van der Waals surface area contributed by atoms with Crippen molar-refractivity contribution in [1.82, 2.24) is 0 Å². The maximum atomic E-state index is 9.02. The Hall–Kier alpha value is -0.530. The van der Waals surface area contributed by atoms with E-state index in [4.69, 9.17) is 5.11 Å². The number of hydrogen-bond donors (Lipinski definition) is 1. The maximum absolute atomic E-state index is 9.02. The van der Waals surface area contributed by atoms with Crippen LogP contribution in [0.1, 0.15) is 18.6 Å². The largest absolute Gasteiger partial charge is 0.389 e. The summed E-state index contributed by atoms with van der Waals surface area (Å²) in [5.41, 5.74) is 0.970. The summed E-state index contributed by atoms with van der Waals surface area (Å²) in [4.78, 5) is 0. The van der Waals surface area contributed by atoms with Crippen LogP contribution in [-0.4, -0.2) is 5.11 Å². The molecule has 0 saturated carbocycles. The van der Waals surface area contributed by atoms with Gasteiger partial charge in [0.1, 0.15) is 0 Å². The quantitative estimate of drug-likeness (QED) is 0.664. The Labute approximate surface area is 67.1 Å². The number of halogens is 1. The van der Waals surface area contributed by atoms with Gasteiger partial charge in [0, 0.05) is 0 Å². The van der Waals surface area contributed by atoms with Gasteiger partial charge in [-0.2, -0.15) is 0 Å². The van der Waals surface area contributed by atoms with E-state index in [1.807, 2.05) is 30.3 Å². The summed E-state index contributed by atoms with van der Waals surface area (Å²) in [7, 11) is 0. The second-order valence-corrected chi connectivity index (χ2v) is 2.09. The molecule has 1 nitrogen and oxygen atoms in total. The van der Waals surface area contributed by atoms with Crippen LogP contribution < -0.4 is 0 Å². The van der Waals surface area contributed by atoms with Crippen LogP contribution in [0.3, 0.4) is 0 Å². The molecule has 10 heavy (non-hydrogen) atoms. The van der Waals surface area contributed by atoms with E-state index in [1.165, 1.54) is 0 Å². The van der Waals surface area contributed by atoms with Crippen LogP contribution in [0, 0.1) is 0 Å². The minimum absolute atomic E-state index is 0. The van der Waals surface area contributed by atoms with Crippen molar-refractivity contribution in [3.05, 3.63) is 35.9 Å². The van der Waals surface area contributed by atoms with E-state index in [1.54, 1.807) is 6.92 Å². The number of aliphatic hydroxyl groups excluding tert-OH is 1. The number of rotatable bonds is 1. The van der Waals surface area contributed by atoms with Gasteiger partial charge in [0.25, 0.3) is 0 Å². The maximum Gasteiger partial charge on any atom is 0.0761 e. The van der Waals surface area contributed by atoms with Crippen molar-refractivity contribution in [2.45, 2.75) is 13.0 Å². The molecule has 0 amide bonds. The van der Waals surface area contributed by atoms with E-state index in [-0.39, 0.29) is 18.5 Å². The highest BCUT2D eigenvalue weighted by Crippen LogP contribution is 2.08. The van der Waals surface area contributed by atoms with Gasteiger partial charge >= 0.3 is 0 Å². The molecule has 2 heteroatoms. The Kier molecular flexibility index (Phi) is 4.08. The molecule has 0 bridgehead atoms. The molecule has 1 rings (SSSR count). The monoisotopic (exact) mass is 158 g/mol. The third-order valence-electron chi connectivity index (χ3n) is 1.28. The zero-order chi connectivity index (χ0) is 6.69. The van der Waals surface area contributed by atoms with Crippen molar-refractivity contribution < 1.29 is 5.11 Å². The van der Waals surface area contributed by atoms with Gasteiger partial charge in [-0.05, 0) is 12.5 Å². The van der Waals surface area contributed by atoms with Crippen molar-refractivity contribution in [3.8, 4) is 0 Å². The number of benzene rings is 1. The SMILES string of the molecule is CC(O)c1ccccc1.Cl. The van der Waals surface area contributed by atoms with Crippen LogP contribution in [-0.2, 0) is 0 Å². The predicted octanol–water partition coefficient (Wildman–Crippen LogP) is 2.16. The van der Waals surface area contributed by atoms with Crippen molar-refractivity contribution in [2.75, 3.05) is 0 Å². The van der Waals surface area contributed by atoms with E-state index >= 15 is 0 Å². The second kappa shape index (κ2) is 4.31. The summed E-state index contributed by atoms with van der Waals surface area (Å²) in [6, 6.07) is 9.59. The van der Waals surface area contributed by atoms with Crippen LogP contribution in [0.4, 0.5) is 0 Å². The normalized spacial score (nSPS) is 11.8. The van der Waals surface area contributed by atoms with Crippen molar-refractivity contribution in [1.29, 1.82) is 0 Å². The summed E-state index contributed by atoms with van der Waals surface area (Å²) >= 11 is 0. The van der Waals surface area contributed by atoms with Gasteiger partial charge in [0.05, 0.1) is 6.10 Å². The van der Waals surface area contributed by atoms with Gasteiger partial charge in [0.2, 0.25) is 0 Å². The lowest BCUT2D eigenvalue weighted by Crippen LogP contribution is -1.87. The fourth-order valence-corrected chi connectivity index (χ4v) is 0.732. The van der Waals surface area contributed by atoms with Gasteiger partial charge in [-0.15, -0.1) is 12.4 Å². The molecule has 1 N–H and O–H groups in total. The van der Waals surface area contributed by atoms with E-state index in [9.17, 15) is 0 Å². The second-order valence-electron chi connectivity index (χ2n) is 2.09. The lowest BCUT2D eigenvalue weighted by atomic mass is 10.1. The molecule has 0 saturated heterocycles. The Morgan fingerprint density at radius 1 is 1.20 bits per heavy atom. The van der Waals surface area contributed by atoms with Crippen LogP contribution in [0.25, 0.3) is 0 Å². The molecular weight excluding hydrogens is 148 g/mol. The molecule has 0 spiro atoms. The zero-order valence-corrected chi connectivity index (χ0v) is 6.64. The summed E-state index contributed by atoms with van der Waals surface area (Å²) in [6.45, 7) is 1.76. The first-order valence-corrected chi connectivity index (χ1v) is 3.03. The van der Waals surface area contributed by atoms with E-state index < -0.39 is 0 Å². The third kappa shape index (κ3) is 2.38. The molecule has 1 atom stereocenters. The van der Waals surface area contributed by atoms with Crippen molar-refractivity contribution in [3.63, 3.8) is 0 Å². The lowest BCUT2D eigenvalue weighted by Gasteiger charge is -2.00. The Bertz CT molecular complexity index is 172. The average molecular weight is 159 g/mol. The van der Waals surface area contributed by atoms with Gasteiger partial charge < -0.3 is 5.11 Å². The van der Waals surface area contributed by atoms with Crippen LogP contribution in [0.15, 0.2) is 30.3 Å². The van der Waals surface area contributed by atoms with Gasteiger partial charge in [-0.3, -0.25) is 0 Å². The lowest BCUT2D eigenvalue weighted by molar-refractivity contribution is 0.199. The standard InChI is InChI=1S/C8H10O.ClH/c1-7(9)8-5-3-2-4-6-8;/h2-7,9H,1H3;1H. The first-order valence-electron chi connectivity index (χ1n) is 3.03. The molecule has 0 aliphatic rings. The van der Waals surface area contributed by atoms with Gasteiger partial charge in [-0.25, -0.2) is 0 Å². The zero-order valence-electron chi connectivity index (χ0n) is 5.82. The van der Waals surface area contributed by atoms with Crippen molar-refractivity contribution >= 4 is 12.4 Å². The minimum Gasteiger partial charge on any atom is -0.389 e. The summed E-state index contributed by atoms with van der Waals surface area (Å²) in [6.07, 6.45) is -0.341. The smallest absolute Gasteiger partial charge is 0.0761 e. The van der Waals surface area contributed by atoms with Gasteiger partial charge in [0.15, 0.2) is 0 Å². The molecule has 0 aliphatic carbocycles. The molecule has 0 aliphatic heterocycles. The Morgan fingerprint density at radius 3 is 2.00 bits per heavy atom. The molecule has 1 aromatic carbocycles. The highest BCUT2D eigenvalue weighted by atomic mass is 35.5. The minimum atomic E-state index is -0.341. The first-order chi connectivity index (χ1) is 4.30. The number of hydrogen-bond acceptors (Lipinski definition) is 1. The summed E-state index contributed by atoms with van der Waals surface area (Å²) in [5, 5.41) is 9.02. The fourth-order valence-electron chi connectivity index (χ4n) is 0.732. The highest BCUT2D eigenvalue weighted by Gasteiger charge is 1.95. The Morgan fingerprint density at radius 2 is 1.70 bits per heavy atom. The highest BCUT2D eigenvalue weighted by molar-refractivity contribution is 5.85. The van der Waals surface area contributed by atoms with Crippen molar-refractivity contribution in [2.24, 2.45) is 0 Å². The molecule has 0 heterocycles.